The molecular formula is C12H12BrN3O. The summed E-state index contributed by atoms with van der Waals surface area (Å²) in [5.41, 5.74) is 0.884. The molecule has 0 bridgehead atoms. The van der Waals surface area contributed by atoms with E-state index in [4.69, 9.17) is 0 Å². The molecule has 0 radical (unpaired) electrons. The molecule has 0 unspecified atom stereocenters. The van der Waals surface area contributed by atoms with Gasteiger partial charge in [0.1, 0.15) is 5.82 Å². The van der Waals surface area contributed by atoms with E-state index in [1.54, 1.807) is 7.05 Å². The Morgan fingerprint density at radius 2 is 2.18 bits per heavy atom. The van der Waals surface area contributed by atoms with Crippen molar-refractivity contribution < 1.29 is 4.79 Å². The number of halogens is 1. The Kier molecular flexibility index (Phi) is 3.58. The number of carbonyl (C=O) groups is 1. The molecule has 2 N–H and O–H groups in total. The summed E-state index contributed by atoms with van der Waals surface area (Å²) in [7, 11) is 1.61. The quantitative estimate of drug-likeness (QED) is 0.912. The number of nitrogens with zero attached hydrogens (tertiary/aromatic N) is 1. The van der Waals surface area contributed by atoms with E-state index in [1.807, 2.05) is 30.3 Å². The van der Waals surface area contributed by atoms with Gasteiger partial charge in [0.15, 0.2) is 0 Å². The van der Waals surface area contributed by atoms with E-state index in [-0.39, 0.29) is 12.5 Å². The minimum Gasteiger partial charge on any atom is -0.361 e. The van der Waals surface area contributed by atoms with E-state index in [9.17, 15) is 4.79 Å². The maximum Gasteiger partial charge on any atom is 0.239 e. The van der Waals surface area contributed by atoms with Gasteiger partial charge >= 0.3 is 0 Å². The molecule has 2 aromatic rings. The maximum absolute atomic E-state index is 11.1. The third-order valence-corrected chi connectivity index (χ3v) is 3.02. The van der Waals surface area contributed by atoms with Crippen LogP contribution in [0.3, 0.4) is 0 Å². The molecule has 1 aromatic heterocycles. The Balaban J connectivity index is 2.25. The maximum atomic E-state index is 11.1. The summed E-state index contributed by atoms with van der Waals surface area (Å²) >= 11 is 3.46. The monoisotopic (exact) mass is 293 g/mol. The van der Waals surface area contributed by atoms with Crippen molar-refractivity contribution in [2.75, 3.05) is 18.9 Å². The Morgan fingerprint density at radius 1 is 1.35 bits per heavy atom. The van der Waals surface area contributed by atoms with E-state index in [1.165, 1.54) is 0 Å². The van der Waals surface area contributed by atoms with Crippen molar-refractivity contribution in [2.45, 2.75) is 0 Å². The number of pyridine rings is 1. The Morgan fingerprint density at radius 3 is 2.94 bits per heavy atom. The molecule has 0 spiro atoms. The molecular weight excluding hydrogens is 282 g/mol. The van der Waals surface area contributed by atoms with Crippen LogP contribution in [-0.4, -0.2) is 24.5 Å². The zero-order chi connectivity index (χ0) is 12.3. The summed E-state index contributed by atoms with van der Waals surface area (Å²) in [5.74, 6) is 0.618. The highest BCUT2D eigenvalue weighted by Crippen LogP contribution is 2.23. The van der Waals surface area contributed by atoms with Crippen LogP contribution >= 0.6 is 15.9 Å². The first kappa shape index (κ1) is 11.9. The number of para-hydroxylation sites is 1. The predicted octanol–water partition coefficient (Wildman–Crippen LogP) is 2.16. The Bertz CT molecular complexity index is 556. The third kappa shape index (κ3) is 2.74. The number of anilines is 1. The summed E-state index contributed by atoms with van der Waals surface area (Å²) in [6, 6.07) is 9.73. The van der Waals surface area contributed by atoms with E-state index in [0.717, 1.165) is 15.4 Å². The molecule has 2 rings (SSSR count). The van der Waals surface area contributed by atoms with Crippen molar-refractivity contribution >= 4 is 38.6 Å². The van der Waals surface area contributed by atoms with Crippen molar-refractivity contribution in [1.82, 2.24) is 10.3 Å². The smallest absolute Gasteiger partial charge is 0.239 e. The molecule has 0 fully saturated rings. The second kappa shape index (κ2) is 5.14. The van der Waals surface area contributed by atoms with Gasteiger partial charge in [0.2, 0.25) is 5.91 Å². The third-order valence-electron chi connectivity index (χ3n) is 2.38. The second-order valence-corrected chi connectivity index (χ2v) is 4.39. The number of amides is 1. The summed E-state index contributed by atoms with van der Waals surface area (Å²) in [6.07, 6.45) is 0. The average molecular weight is 294 g/mol. The number of likely N-dealkylation sites (N-methyl/N-ethyl adjacent to an activating group) is 1. The van der Waals surface area contributed by atoms with Crippen molar-refractivity contribution in [3.63, 3.8) is 0 Å². The van der Waals surface area contributed by atoms with Crippen LogP contribution in [0.5, 0.6) is 0 Å². The number of fused-ring (bicyclic) bond motifs is 1. The van der Waals surface area contributed by atoms with Crippen LogP contribution in [0.2, 0.25) is 0 Å². The average Bonchev–Trinajstić information content (AvgIpc) is 2.36. The fourth-order valence-corrected chi connectivity index (χ4v) is 1.94. The number of hydrogen-bond acceptors (Lipinski definition) is 3. The van der Waals surface area contributed by atoms with Crippen LogP contribution in [0, 0.1) is 0 Å². The number of rotatable bonds is 3. The first-order valence-corrected chi connectivity index (χ1v) is 6.00. The van der Waals surface area contributed by atoms with Gasteiger partial charge in [0, 0.05) is 16.9 Å². The van der Waals surface area contributed by atoms with Crippen LogP contribution in [-0.2, 0) is 4.79 Å². The fraction of sp³-hybridized carbons (Fsp3) is 0.167. The Labute approximate surface area is 108 Å². The van der Waals surface area contributed by atoms with E-state index < -0.39 is 0 Å². The minimum atomic E-state index is -0.0703. The summed E-state index contributed by atoms with van der Waals surface area (Å²) in [6.45, 7) is 0.222. The molecule has 5 heteroatoms. The van der Waals surface area contributed by atoms with Gasteiger partial charge in [-0.2, -0.15) is 0 Å². The second-order valence-electron chi connectivity index (χ2n) is 3.53. The minimum absolute atomic E-state index is 0.0703. The molecule has 4 nitrogen and oxygen atoms in total. The lowest BCUT2D eigenvalue weighted by Gasteiger charge is -2.06. The van der Waals surface area contributed by atoms with Gasteiger partial charge in [-0.1, -0.05) is 12.1 Å². The van der Waals surface area contributed by atoms with Gasteiger partial charge < -0.3 is 10.6 Å². The number of aromatic nitrogens is 1. The lowest BCUT2D eigenvalue weighted by molar-refractivity contribution is -0.118. The van der Waals surface area contributed by atoms with Crippen LogP contribution in [0.1, 0.15) is 0 Å². The Hall–Kier alpha value is -1.62. The van der Waals surface area contributed by atoms with Crippen LogP contribution < -0.4 is 10.6 Å². The highest BCUT2D eigenvalue weighted by molar-refractivity contribution is 9.10. The topological polar surface area (TPSA) is 54.0 Å². The van der Waals surface area contributed by atoms with Gasteiger partial charge in [-0.3, -0.25) is 4.79 Å². The highest BCUT2D eigenvalue weighted by atomic mass is 79.9. The zero-order valence-corrected chi connectivity index (χ0v) is 10.9. The molecule has 1 amide bonds. The van der Waals surface area contributed by atoms with Crippen molar-refractivity contribution in [3.05, 3.63) is 34.8 Å². The fourth-order valence-electron chi connectivity index (χ4n) is 1.47. The number of benzene rings is 1. The van der Waals surface area contributed by atoms with Crippen molar-refractivity contribution in [2.24, 2.45) is 0 Å². The van der Waals surface area contributed by atoms with Crippen LogP contribution in [0.25, 0.3) is 10.9 Å². The summed E-state index contributed by atoms with van der Waals surface area (Å²) in [5, 5.41) is 6.58. The molecule has 0 aliphatic heterocycles. The highest BCUT2D eigenvalue weighted by Gasteiger charge is 2.02. The van der Waals surface area contributed by atoms with Gasteiger partial charge in [0.05, 0.1) is 12.1 Å². The molecule has 0 aliphatic rings. The van der Waals surface area contributed by atoms with E-state index in [0.29, 0.717) is 5.82 Å². The van der Waals surface area contributed by atoms with Crippen LogP contribution in [0.15, 0.2) is 34.8 Å². The normalized spacial score (nSPS) is 10.2. The summed E-state index contributed by atoms with van der Waals surface area (Å²) in [4.78, 5) is 15.5. The lowest BCUT2D eigenvalue weighted by Crippen LogP contribution is -2.26. The molecule has 0 saturated carbocycles. The van der Waals surface area contributed by atoms with Gasteiger partial charge in [0.25, 0.3) is 0 Å². The first-order chi connectivity index (χ1) is 8.20. The number of nitrogens with one attached hydrogen (secondary N) is 2. The van der Waals surface area contributed by atoms with E-state index in [2.05, 4.69) is 31.5 Å². The molecule has 17 heavy (non-hydrogen) atoms. The van der Waals surface area contributed by atoms with Gasteiger partial charge in [-0.05, 0) is 34.1 Å². The molecule has 88 valence electrons. The largest absolute Gasteiger partial charge is 0.361 e. The standard InChI is InChI=1S/C12H12BrN3O/c1-14-11(17)7-15-10-6-5-8-3-2-4-9(13)12(8)16-10/h2-6H,7H2,1H3,(H,14,17)(H,15,16). The number of carbonyl (C=O) groups excluding carboxylic acids is 1. The molecule has 1 heterocycles. The van der Waals surface area contributed by atoms with Crippen molar-refractivity contribution in [1.29, 1.82) is 0 Å². The molecule has 0 atom stereocenters. The zero-order valence-electron chi connectivity index (χ0n) is 9.33. The van der Waals surface area contributed by atoms with Crippen LogP contribution in [0.4, 0.5) is 5.82 Å². The predicted molar refractivity (Wildman–Crippen MR) is 72.0 cm³/mol. The summed E-state index contributed by atoms with van der Waals surface area (Å²) < 4.78 is 0.943. The lowest BCUT2D eigenvalue weighted by atomic mass is 10.2. The van der Waals surface area contributed by atoms with E-state index >= 15 is 0 Å². The SMILES string of the molecule is CNC(=O)CNc1ccc2cccc(Br)c2n1. The molecule has 0 saturated heterocycles. The molecule has 1 aromatic carbocycles. The number of hydrogen-bond donors (Lipinski definition) is 2. The van der Waals surface area contributed by atoms with Gasteiger partial charge in [-0.15, -0.1) is 0 Å². The molecule has 0 aliphatic carbocycles. The first-order valence-electron chi connectivity index (χ1n) is 5.20. The van der Waals surface area contributed by atoms with Crippen molar-refractivity contribution in [3.8, 4) is 0 Å². The van der Waals surface area contributed by atoms with Gasteiger partial charge in [-0.25, -0.2) is 4.98 Å².